The van der Waals surface area contributed by atoms with Crippen LogP contribution >= 0.6 is 11.3 Å². The molecular formula is C21H21FN2OS. The van der Waals surface area contributed by atoms with E-state index in [1.165, 1.54) is 10.3 Å². The predicted molar refractivity (Wildman–Crippen MR) is 105 cm³/mol. The van der Waals surface area contributed by atoms with E-state index in [0.717, 1.165) is 47.9 Å². The summed E-state index contributed by atoms with van der Waals surface area (Å²) in [5.41, 5.74) is 3.44. The van der Waals surface area contributed by atoms with Crippen molar-refractivity contribution in [3.63, 3.8) is 0 Å². The molecule has 0 radical (unpaired) electrons. The molecule has 0 N–H and O–H groups in total. The molecule has 134 valence electrons. The van der Waals surface area contributed by atoms with E-state index in [2.05, 4.69) is 35.2 Å². The molecule has 3 nitrogen and oxygen atoms in total. The number of para-hydroxylation sites is 2. The number of alkyl halides is 1. The Hall–Kier alpha value is -2.24. The summed E-state index contributed by atoms with van der Waals surface area (Å²) in [5, 5.41) is 1.16. The van der Waals surface area contributed by atoms with Gasteiger partial charge in [0.25, 0.3) is 0 Å². The van der Waals surface area contributed by atoms with Crippen LogP contribution in [0.4, 0.5) is 4.39 Å². The lowest BCUT2D eigenvalue weighted by atomic mass is 9.98. The summed E-state index contributed by atoms with van der Waals surface area (Å²) in [4.78, 5) is 7.14. The number of hydrogen-bond donors (Lipinski definition) is 0. The molecular weight excluding hydrogens is 347 g/mol. The summed E-state index contributed by atoms with van der Waals surface area (Å²) in [5.74, 6) is 0.774. The van der Waals surface area contributed by atoms with Gasteiger partial charge in [-0.05, 0) is 30.2 Å². The standard InChI is InChI=1S/C21H21FN2OS/c22-11-14-25-19-7-3-1-5-17(19)16-9-12-24(13-10-16)15-21-23-18-6-2-4-8-20(18)26-21/h1-9H,10-15H2. The quantitative estimate of drug-likeness (QED) is 0.617. The van der Waals surface area contributed by atoms with Gasteiger partial charge in [0.1, 0.15) is 24.0 Å². The van der Waals surface area contributed by atoms with Crippen molar-refractivity contribution in [1.29, 1.82) is 0 Å². The zero-order chi connectivity index (χ0) is 17.8. The van der Waals surface area contributed by atoms with Gasteiger partial charge in [-0.15, -0.1) is 11.3 Å². The Bertz CT molecular complexity index is 888. The number of hydrogen-bond acceptors (Lipinski definition) is 4. The lowest BCUT2D eigenvalue weighted by Gasteiger charge is -2.26. The van der Waals surface area contributed by atoms with Crippen LogP contribution in [-0.4, -0.2) is 36.3 Å². The molecule has 0 saturated carbocycles. The van der Waals surface area contributed by atoms with E-state index in [1.807, 2.05) is 24.3 Å². The smallest absolute Gasteiger partial charge is 0.126 e. The number of thiazole rings is 1. The first-order valence-corrected chi connectivity index (χ1v) is 9.69. The van der Waals surface area contributed by atoms with Crippen LogP contribution in [0.15, 0.2) is 54.6 Å². The first-order chi connectivity index (χ1) is 12.8. The van der Waals surface area contributed by atoms with Gasteiger partial charge in [-0.25, -0.2) is 9.37 Å². The monoisotopic (exact) mass is 368 g/mol. The van der Waals surface area contributed by atoms with Gasteiger partial charge >= 0.3 is 0 Å². The Morgan fingerprint density at radius 1 is 1.12 bits per heavy atom. The number of ether oxygens (including phenoxy) is 1. The molecule has 0 spiro atoms. The Kier molecular flexibility index (Phi) is 5.27. The van der Waals surface area contributed by atoms with Crippen molar-refractivity contribution in [1.82, 2.24) is 9.88 Å². The van der Waals surface area contributed by atoms with Crippen molar-refractivity contribution in [3.8, 4) is 5.75 Å². The third kappa shape index (κ3) is 3.79. The minimum absolute atomic E-state index is 0.105. The average molecular weight is 368 g/mol. The average Bonchev–Trinajstić information content (AvgIpc) is 3.09. The summed E-state index contributed by atoms with van der Waals surface area (Å²) < 4.78 is 19.2. The molecule has 4 rings (SSSR count). The Labute approximate surface area is 156 Å². The zero-order valence-electron chi connectivity index (χ0n) is 14.5. The van der Waals surface area contributed by atoms with Crippen molar-refractivity contribution in [2.45, 2.75) is 13.0 Å². The Morgan fingerprint density at radius 2 is 1.96 bits per heavy atom. The fraction of sp³-hybridized carbons (Fsp3) is 0.286. The van der Waals surface area contributed by atoms with E-state index >= 15 is 0 Å². The van der Waals surface area contributed by atoms with E-state index in [4.69, 9.17) is 9.72 Å². The topological polar surface area (TPSA) is 25.4 Å². The lowest BCUT2D eigenvalue weighted by Crippen LogP contribution is -2.28. The molecule has 0 fully saturated rings. The van der Waals surface area contributed by atoms with Gasteiger partial charge < -0.3 is 4.74 Å². The first kappa shape index (κ1) is 17.2. The van der Waals surface area contributed by atoms with Crippen LogP contribution in [0.5, 0.6) is 5.75 Å². The highest BCUT2D eigenvalue weighted by atomic mass is 32.1. The maximum atomic E-state index is 12.4. The highest BCUT2D eigenvalue weighted by molar-refractivity contribution is 7.18. The molecule has 1 aliphatic rings. The minimum Gasteiger partial charge on any atom is -0.490 e. The molecule has 2 aromatic carbocycles. The lowest BCUT2D eigenvalue weighted by molar-refractivity contribution is 0.271. The highest BCUT2D eigenvalue weighted by Gasteiger charge is 2.17. The van der Waals surface area contributed by atoms with E-state index in [-0.39, 0.29) is 6.61 Å². The van der Waals surface area contributed by atoms with Gasteiger partial charge in [-0.2, -0.15) is 0 Å². The molecule has 0 unspecified atom stereocenters. The second-order valence-corrected chi connectivity index (χ2v) is 7.44. The second-order valence-electron chi connectivity index (χ2n) is 6.32. The van der Waals surface area contributed by atoms with E-state index in [0.29, 0.717) is 0 Å². The van der Waals surface area contributed by atoms with Crippen LogP contribution in [0.3, 0.4) is 0 Å². The molecule has 26 heavy (non-hydrogen) atoms. The van der Waals surface area contributed by atoms with Crippen LogP contribution < -0.4 is 4.74 Å². The molecule has 5 heteroatoms. The molecule has 0 aliphatic carbocycles. The fourth-order valence-electron chi connectivity index (χ4n) is 3.28. The molecule has 0 amide bonds. The zero-order valence-corrected chi connectivity index (χ0v) is 15.3. The molecule has 0 bridgehead atoms. The maximum absolute atomic E-state index is 12.4. The largest absolute Gasteiger partial charge is 0.490 e. The normalized spacial score (nSPS) is 15.2. The number of nitrogens with zero attached hydrogens (tertiary/aromatic N) is 2. The number of benzene rings is 2. The number of rotatable bonds is 6. The van der Waals surface area contributed by atoms with Crippen molar-refractivity contribution in [2.24, 2.45) is 0 Å². The molecule has 0 saturated heterocycles. The maximum Gasteiger partial charge on any atom is 0.126 e. The Balaban J connectivity index is 1.45. The summed E-state index contributed by atoms with van der Waals surface area (Å²) in [7, 11) is 0. The van der Waals surface area contributed by atoms with Gasteiger partial charge in [0.15, 0.2) is 0 Å². The van der Waals surface area contributed by atoms with Gasteiger partial charge in [0, 0.05) is 18.7 Å². The van der Waals surface area contributed by atoms with Gasteiger partial charge in [0.2, 0.25) is 0 Å². The van der Waals surface area contributed by atoms with Crippen LogP contribution in [0.25, 0.3) is 15.8 Å². The SMILES string of the molecule is FCCOc1ccccc1C1=CCN(Cc2nc3ccccc3s2)CC1. The predicted octanol–water partition coefficient (Wildman–Crippen LogP) is 4.93. The first-order valence-electron chi connectivity index (χ1n) is 8.87. The van der Waals surface area contributed by atoms with Crippen molar-refractivity contribution in [3.05, 3.63) is 65.2 Å². The summed E-state index contributed by atoms with van der Waals surface area (Å²) in [6, 6.07) is 16.2. The molecule has 0 atom stereocenters. The second kappa shape index (κ2) is 7.98. The number of halogens is 1. The van der Waals surface area contributed by atoms with Crippen molar-refractivity contribution >= 4 is 27.1 Å². The molecule has 1 aliphatic heterocycles. The third-order valence-corrected chi connectivity index (χ3v) is 5.58. The third-order valence-electron chi connectivity index (χ3n) is 4.56. The van der Waals surface area contributed by atoms with Gasteiger partial charge in [0.05, 0.1) is 16.8 Å². The van der Waals surface area contributed by atoms with Crippen molar-refractivity contribution < 1.29 is 9.13 Å². The number of aromatic nitrogens is 1. The Morgan fingerprint density at radius 3 is 2.77 bits per heavy atom. The van der Waals surface area contributed by atoms with Crippen LogP contribution in [-0.2, 0) is 6.54 Å². The van der Waals surface area contributed by atoms with Crippen LogP contribution in [0.1, 0.15) is 17.0 Å². The van der Waals surface area contributed by atoms with E-state index in [9.17, 15) is 4.39 Å². The van der Waals surface area contributed by atoms with Crippen LogP contribution in [0, 0.1) is 0 Å². The molecule has 3 aromatic rings. The van der Waals surface area contributed by atoms with Crippen molar-refractivity contribution in [2.75, 3.05) is 26.4 Å². The molecule has 2 heterocycles. The summed E-state index contributed by atoms with van der Waals surface area (Å²) in [6.07, 6.45) is 3.22. The van der Waals surface area contributed by atoms with E-state index in [1.54, 1.807) is 11.3 Å². The summed E-state index contributed by atoms with van der Waals surface area (Å²) in [6.45, 7) is 2.39. The summed E-state index contributed by atoms with van der Waals surface area (Å²) >= 11 is 1.77. The molecule has 1 aromatic heterocycles. The number of fused-ring (bicyclic) bond motifs is 1. The van der Waals surface area contributed by atoms with Gasteiger partial charge in [-0.3, -0.25) is 4.90 Å². The van der Waals surface area contributed by atoms with E-state index < -0.39 is 6.67 Å². The fourth-order valence-corrected chi connectivity index (χ4v) is 4.29. The van der Waals surface area contributed by atoms with Gasteiger partial charge in [-0.1, -0.05) is 36.4 Å². The highest BCUT2D eigenvalue weighted by Crippen LogP contribution is 2.31. The minimum atomic E-state index is -0.469. The van der Waals surface area contributed by atoms with Crippen LogP contribution in [0.2, 0.25) is 0 Å².